The molecule has 2 N–H and O–H groups in total. The van der Waals surface area contributed by atoms with Crippen LogP contribution in [0.2, 0.25) is 0 Å². The molecule has 0 aliphatic carbocycles. The number of nitrogens with zero attached hydrogens (tertiary/aromatic N) is 4. The van der Waals surface area contributed by atoms with Crippen LogP contribution in [0.5, 0.6) is 0 Å². The largest absolute Gasteiger partial charge is 0.347 e. The van der Waals surface area contributed by atoms with Gasteiger partial charge in [0.25, 0.3) is 0 Å². The van der Waals surface area contributed by atoms with E-state index >= 15 is 0 Å². The van der Waals surface area contributed by atoms with Gasteiger partial charge >= 0.3 is 0 Å². The van der Waals surface area contributed by atoms with Gasteiger partial charge in [-0.2, -0.15) is 0 Å². The molecule has 0 bridgehead atoms. The number of halogens is 3. The third-order valence-corrected chi connectivity index (χ3v) is 4.75. The van der Waals surface area contributed by atoms with Crippen molar-refractivity contribution in [2.24, 2.45) is 5.73 Å². The van der Waals surface area contributed by atoms with E-state index in [2.05, 4.69) is 4.98 Å². The highest BCUT2D eigenvalue weighted by Gasteiger charge is 2.32. The molecule has 2 heterocycles. The summed E-state index contributed by atoms with van der Waals surface area (Å²) in [6.45, 7) is 2.22. The fourth-order valence-electron chi connectivity index (χ4n) is 3.30. The molecule has 0 radical (unpaired) electrons. The van der Waals surface area contributed by atoms with Crippen LogP contribution >= 0.6 is 0 Å². The Balaban J connectivity index is 2.15. The van der Waals surface area contributed by atoms with E-state index in [1.54, 1.807) is 30.5 Å². The van der Waals surface area contributed by atoms with Crippen LogP contribution in [-0.4, -0.2) is 59.8 Å². The fraction of sp³-hybridized carbons (Fsp3) is 0.529. The van der Waals surface area contributed by atoms with Crippen LogP contribution in [-0.2, 0) is 4.79 Å². The first kappa shape index (κ1) is 18.5. The van der Waals surface area contributed by atoms with Crippen molar-refractivity contribution < 1.29 is 18.0 Å². The van der Waals surface area contributed by atoms with Crippen molar-refractivity contribution in [2.75, 3.05) is 32.1 Å². The van der Waals surface area contributed by atoms with E-state index in [4.69, 9.17) is 5.73 Å². The summed E-state index contributed by atoms with van der Waals surface area (Å²) in [4.78, 5) is 20.1. The van der Waals surface area contributed by atoms with E-state index in [0.717, 1.165) is 12.1 Å². The number of aromatic nitrogens is 2. The Morgan fingerprint density at radius 1 is 1.35 bits per heavy atom. The fourth-order valence-corrected chi connectivity index (χ4v) is 3.30. The molecular weight excluding hydrogens is 347 g/mol. The minimum Gasteiger partial charge on any atom is -0.347 e. The maximum atomic E-state index is 13.8. The van der Waals surface area contributed by atoms with Crippen LogP contribution in [0, 0.1) is 11.6 Å². The number of piperidine rings is 1. The number of amides is 1. The van der Waals surface area contributed by atoms with Crippen molar-refractivity contribution >= 4 is 22.9 Å². The van der Waals surface area contributed by atoms with E-state index in [0.29, 0.717) is 18.0 Å². The first-order chi connectivity index (χ1) is 12.2. The standard InChI is InChI=1S/C17H22F3N5O/c1-9(16(26)23(2)3)25-15-7-12(20)11(19)6-14(15)22-17(25)24-5-4-10(18)13(21)8-24/h6-7,9-10,13H,4-5,8,21H2,1-3H3/t9?,10-,13-/m1/s1. The van der Waals surface area contributed by atoms with Crippen molar-refractivity contribution in [2.45, 2.75) is 31.6 Å². The Hall–Kier alpha value is -2.29. The van der Waals surface area contributed by atoms with E-state index < -0.39 is 29.9 Å². The number of carbonyl (C=O) groups excluding carboxylic acids is 1. The van der Waals surface area contributed by atoms with E-state index in [1.165, 1.54) is 4.90 Å². The summed E-state index contributed by atoms with van der Waals surface area (Å²) < 4.78 is 42.8. The number of hydrogen-bond donors (Lipinski definition) is 1. The Bertz CT molecular complexity index is 837. The summed E-state index contributed by atoms with van der Waals surface area (Å²) in [5, 5.41) is 0. The highest BCUT2D eigenvalue weighted by molar-refractivity contribution is 5.85. The monoisotopic (exact) mass is 369 g/mol. The van der Waals surface area contributed by atoms with Gasteiger partial charge in [-0.1, -0.05) is 0 Å². The molecule has 1 fully saturated rings. The number of carbonyl (C=O) groups is 1. The van der Waals surface area contributed by atoms with Gasteiger partial charge in [0.2, 0.25) is 11.9 Å². The van der Waals surface area contributed by atoms with Gasteiger partial charge < -0.3 is 15.5 Å². The molecule has 1 saturated heterocycles. The first-order valence-corrected chi connectivity index (χ1v) is 8.43. The topological polar surface area (TPSA) is 67.4 Å². The van der Waals surface area contributed by atoms with Crippen LogP contribution in [0.15, 0.2) is 12.1 Å². The zero-order chi connectivity index (χ0) is 19.2. The van der Waals surface area contributed by atoms with Crippen LogP contribution in [0.25, 0.3) is 11.0 Å². The van der Waals surface area contributed by atoms with Gasteiger partial charge in [-0.3, -0.25) is 9.36 Å². The number of nitrogens with two attached hydrogens (primary N) is 1. The number of alkyl halides is 1. The Morgan fingerprint density at radius 2 is 2.00 bits per heavy atom. The van der Waals surface area contributed by atoms with Gasteiger partial charge in [0.05, 0.1) is 17.1 Å². The van der Waals surface area contributed by atoms with Gasteiger partial charge in [0.15, 0.2) is 11.6 Å². The lowest BCUT2D eigenvalue weighted by molar-refractivity contribution is -0.131. The summed E-state index contributed by atoms with van der Waals surface area (Å²) in [6.07, 6.45) is -0.886. The summed E-state index contributed by atoms with van der Waals surface area (Å²) in [6, 6.07) is 0.640. The first-order valence-electron chi connectivity index (χ1n) is 8.43. The van der Waals surface area contributed by atoms with Gasteiger partial charge in [-0.15, -0.1) is 0 Å². The summed E-state index contributed by atoms with van der Waals surface area (Å²) in [7, 11) is 3.23. The van der Waals surface area contributed by atoms with Gasteiger partial charge in [0, 0.05) is 39.3 Å². The molecule has 6 nitrogen and oxygen atoms in total. The third kappa shape index (κ3) is 3.11. The van der Waals surface area contributed by atoms with Crippen LogP contribution < -0.4 is 10.6 Å². The normalized spacial score (nSPS) is 21.9. The van der Waals surface area contributed by atoms with Crippen LogP contribution in [0.4, 0.5) is 19.1 Å². The highest BCUT2D eigenvalue weighted by atomic mass is 19.2. The predicted octanol–water partition coefficient (Wildman–Crippen LogP) is 1.84. The number of benzene rings is 1. The zero-order valence-corrected chi connectivity index (χ0v) is 14.9. The molecule has 1 amide bonds. The molecule has 3 rings (SSSR count). The lowest BCUT2D eigenvalue weighted by Crippen LogP contribution is -2.50. The Labute approximate surface area is 149 Å². The number of hydrogen-bond acceptors (Lipinski definition) is 4. The molecule has 26 heavy (non-hydrogen) atoms. The van der Waals surface area contributed by atoms with Gasteiger partial charge in [-0.05, 0) is 13.3 Å². The average Bonchev–Trinajstić information content (AvgIpc) is 2.94. The number of fused-ring (bicyclic) bond motifs is 1. The summed E-state index contributed by atoms with van der Waals surface area (Å²) >= 11 is 0. The molecule has 0 spiro atoms. The molecular formula is C17H22F3N5O. The quantitative estimate of drug-likeness (QED) is 0.897. The number of imidazole rings is 1. The van der Waals surface area contributed by atoms with Crippen molar-refractivity contribution in [3.05, 3.63) is 23.8 Å². The number of rotatable bonds is 3. The van der Waals surface area contributed by atoms with Crippen LogP contribution in [0.1, 0.15) is 19.4 Å². The SMILES string of the molecule is CC(C(=O)N(C)C)n1c(N2CC[C@@H](F)[C@H](N)C2)nc2cc(F)c(F)cc21. The molecule has 0 saturated carbocycles. The molecule has 1 aromatic heterocycles. The zero-order valence-electron chi connectivity index (χ0n) is 14.9. The van der Waals surface area contributed by atoms with Crippen molar-refractivity contribution in [1.82, 2.24) is 14.5 Å². The molecule has 2 aromatic rings. The molecule has 9 heteroatoms. The molecule has 1 aliphatic rings. The second-order valence-electron chi connectivity index (χ2n) is 6.86. The summed E-state index contributed by atoms with van der Waals surface area (Å²) in [5.41, 5.74) is 6.37. The van der Waals surface area contributed by atoms with Gasteiger partial charge in [0.1, 0.15) is 12.2 Å². The minimum atomic E-state index is -1.11. The van der Waals surface area contributed by atoms with Crippen molar-refractivity contribution in [3.63, 3.8) is 0 Å². The Morgan fingerprint density at radius 3 is 2.62 bits per heavy atom. The van der Waals surface area contributed by atoms with E-state index in [-0.39, 0.29) is 24.4 Å². The minimum absolute atomic E-state index is 0.207. The predicted molar refractivity (Wildman–Crippen MR) is 92.8 cm³/mol. The second-order valence-corrected chi connectivity index (χ2v) is 6.86. The molecule has 1 aliphatic heterocycles. The Kier molecular flexibility index (Phi) is 4.83. The van der Waals surface area contributed by atoms with E-state index in [9.17, 15) is 18.0 Å². The summed E-state index contributed by atoms with van der Waals surface area (Å²) in [5.74, 6) is -1.90. The second kappa shape index (κ2) is 6.79. The molecule has 1 unspecified atom stereocenters. The maximum Gasteiger partial charge on any atom is 0.244 e. The van der Waals surface area contributed by atoms with Gasteiger partial charge in [-0.25, -0.2) is 18.2 Å². The molecule has 1 aromatic carbocycles. The van der Waals surface area contributed by atoms with Crippen molar-refractivity contribution in [1.29, 1.82) is 0 Å². The molecule has 3 atom stereocenters. The number of likely N-dealkylation sites (N-methyl/N-ethyl adjacent to an activating group) is 1. The highest BCUT2D eigenvalue weighted by Crippen LogP contribution is 2.31. The maximum absolute atomic E-state index is 13.8. The third-order valence-electron chi connectivity index (χ3n) is 4.75. The van der Waals surface area contributed by atoms with E-state index in [1.807, 2.05) is 0 Å². The number of anilines is 1. The smallest absolute Gasteiger partial charge is 0.244 e. The van der Waals surface area contributed by atoms with Crippen LogP contribution in [0.3, 0.4) is 0 Å². The molecule has 142 valence electrons. The van der Waals surface area contributed by atoms with Crippen molar-refractivity contribution in [3.8, 4) is 0 Å². The average molecular weight is 369 g/mol. The lowest BCUT2D eigenvalue weighted by atomic mass is 10.1. The lowest BCUT2D eigenvalue weighted by Gasteiger charge is -2.35.